The van der Waals surface area contributed by atoms with Gasteiger partial charge in [0.15, 0.2) is 0 Å². The van der Waals surface area contributed by atoms with Gasteiger partial charge in [-0.05, 0) is 43.2 Å². The first-order chi connectivity index (χ1) is 9.30. The van der Waals surface area contributed by atoms with E-state index in [1.807, 2.05) is 0 Å². The second-order valence-corrected chi connectivity index (χ2v) is 6.04. The molecule has 7 heteroatoms. The van der Waals surface area contributed by atoms with Crippen LogP contribution in [-0.2, 0) is 24.2 Å². The van der Waals surface area contributed by atoms with Gasteiger partial charge in [0.2, 0.25) is 9.84 Å². The van der Waals surface area contributed by atoms with Crippen molar-refractivity contribution in [2.24, 2.45) is 0 Å². The van der Waals surface area contributed by atoms with Crippen molar-refractivity contribution in [1.82, 2.24) is 0 Å². The number of ether oxygens (including phenoxy) is 1. The second-order valence-electron chi connectivity index (χ2n) is 4.19. The quantitative estimate of drug-likeness (QED) is 0.661. The zero-order valence-electron chi connectivity index (χ0n) is 10.8. The van der Waals surface area contributed by atoms with E-state index in [9.17, 15) is 23.1 Å². The number of fused-ring (bicyclic) bond motifs is 1. The smallest absolute Gasteiger partial charge is 0.380 e. The van der Waals surface area contributed by atoms with Crippen molar-refractivity contribution in [2.75, 3.05) is 6.61 Å². The number of ketones is 1. The number of carbonyl (C=O) groups is 2. The van der Waals surface area contributed by atoms with Crippen LogP contribution in [0.3, 0.4) is 0 Å². The number of carbonyl (C=O) groups excluding carboxylic acids is 2. The molecule has 1 aromatic carbocycles. The van der Waals surface area contributed by atoms with Crippen molar-refractivity contribution < 1.29 is 27.9 Å². The fourth-order valence-electron chi connectivity index (χ4n) is 2.06. The Morgan fingerprint density at radius 1 is 1.30 bits per heavy atom. The Morgan fingerprint density at radius 2 is 1.95 bits per heavy atom. The van der Waals surface area contributed by atoms with E-state index in [2.05, 4.69) is 4.74 Å². The third kappa shape index (κ3) is 2.00. The highest BCUT2D eigenvalue weighted by atomic mass is 32.2. The molecule has 0 unspecified atom stereocenters. The zero-order chi connectivity index (χ0) is 15.1. The van der Waals surface area contributed by atoms with Gasteiger partial charge in [0.25, 0.3) is 5.78 Å². The van der Waals surface area contributed by atoms with Crippen LogP contribution in [-0.4, -0.2) is 31.9 Å². The number of phenols is 1. The summed E-state index contributed by atoms with van der Waals surface area (Å²) in [5, 5.41) is 9.37. The molecular formula is C13H12O6S. The number of Topliss-reactive ketones (excluding diaryl/α,β-unsaturated/α-hetero) is 1. The van der Waals surface area contributed by atoms with Crippen molar-refractivity contribution in [2.45, 2.75) is 18.7 Å². The van der Waals surface area contributed by atoms with E-state index in [1.54, 1.807) is 0 Å². The molecule has 0 radical (unpaired) electrons. The van der Waals surface area contributed by atoms with Gasteiger partial charge in [-0.2, -0.15) is 0 Å². The van der Waals surface area contributed by atoms with Gasteiger partial charge in [-0.25, -0.2) is 13.2 Å². The summed E-state index contributed by atoms with van der Waals surface area (Å²) < 4.78 is 29.1. The van der Waals surface area contributed by atoms with Crippen LogP contribution in [0, 0.1) is 0 Å². The van der Waals surface area contributed by atoms with Crippen LogP contribution >= 0.6 is 0 Å². The van der Waals surface area contributed by atoms with Crippen molar-refractivity contribution >= 4 is 27.2 Å². The van der Waals surface area contributed by atoms with Crippen LogP contribution in [0.15, 0.2) is 28.0 Å². The van der Waals surface area contributed by atoms with Crippen LogP contribution in [0.5, 0.6) is 5.75 Å². The maximum Gasteiger partial charge on any atom is 0.380 e. The second kappa shape index (κ2) is 4.75. The van der Waals surface area contributed by atoms with Crippen molar-refractivity contribution in [3.63, 3.8) is 0 Å². The van der Waals surface area contributed by atoms with Gasteiger partial charge in [-0.1, -0.05) is 0 Å². The van der Waals surface area contributed by atoms with E-state index < -0.39 is 26.5 Å². The number of aromatic hydroxyl groups is 1. The monoisotopic (exact) mass is 296 g/mol. The molecule has 1 heterocycles. The molecule has 1 aliphatic heterocycles. The minimum atomic E-state index is -4.11. The molecule has 0 aliphatic carbocycles. The lowest BCUT2D eigenvalue weighted by atomic mass is 10.1. The number of rotatable bonds is 3. The number of esters is 1. The molecule has 6 nitrogen and oxygen atoms in total. The van der Waals surface area contributed by atoms with Gasteiger partial charge < -0.3 is 9.84 Å². The maximum atomic E-state index is 12.3. The van der Waals surface area contributed by atoms with E-state index in [4.69, 9.17) is 0 Å². The first-order valence-corrected chi connectivity index (χ1v) is 7.29. The van der Waals surface area contributed by atoms with Gasteiger partial charge in [0.1, 0.15) is 10.7 Å². The molecule has 106 valence electrons. The summed E-state index contributed by atoms with van der Waals surface area (Å²) in [4.78, 5) is 22.6. The van der Waals surface area contributed by atoms with E-state index in [1.165, 1.54) is 26.0 Å². The molecule has 2 rings (SSSR count). The Bertz CT molecular complexity index is 742. The maximum absolute atomic E-state index is 12.3. The van der Waals surface area contributed by atoms with Gasteiger partial charge in [0.05, 0.1) is 11.5 Å². The van der Waals surface area contributed by atoms with Crippen LogP contribution in [0.4, 0.5) is 0 Å². The predicted octanol–water partition coefficient (Wildman–Crippen LogP) is 1.04. The molecular weight excluding hydrogens is 284 g/mol. The van der Waals surface area contributed by atoms with Crippen LogP contribution < -0.4 is 0 Å². The Labute approximate surface area is 115 Å². The molecule has 0 aromatic heterocycles. The summed E-state index contributed by atoms with van der Waals surface area (Å²) in [6.07, 6.45) is 0. The highest BCUT2D eigenvalue weighted by Gasteiger charge is 2.41. The van der Waals surface area contributed by atoms with E-state index in [-0.39, 0.29) is 22.8 Å². The SMILES string of the molecule is CCOC(=O)C(=O)C1=C(C)c2ccc(O)cc2S1(=O)=O. The van der Waals surface area contributed by atoms with E-state index >= 15 is 0 Å². The molecule has 0 fully saturated rings. The minimum absolute atomic E-state index is 0.0231. The Kier molecular flexibility index (Phi) is 3.39. The molecule has 1 aliphatic rings. The standard InChI is InChI=1S/C13H12O6S/c1-3-19-13(16)11(15)12-7(2)9-5-4-8(14)6-10(9)20(12,17)18/h4-6,14H,3H2,1-2H3. The summed E-state index contributed by atoms with van der Waals surface area (Å²) in [7, 11) is -4.11. The predicted molar refractivity (Wildman–Crippen MR) is 69.5 cm³/mol. The van der Waals surface area contributed by atoms with Crippen LogP contribution in [0.1, 0.15) is 19.4 Å². The zero-order valence-corrected chi connectivity index (χ0v) is 11.7. The third-order valence-electron chi connectivity index (χ3n) is 2.94. The lowest BCUT2D eigenvalue weighted by Gasteiger charge is -2.03. The number of sulfone groups is 1. The molecule has 0 bridgehead atoms. The first-order valence-electron chi connectivity index (χ1n) is 5.81. The summed E-state index contributed by atoms with van der Waals surface area (Å²) in [5.74, 6) is -2.63. The van der Waals surface area contributed by atoms with E-state index in [0.717, 1.165) is 6.07 Å². The molecule has 20 heavy (non-hydrogen) atoms. The molecule has 0 saturated carbocycles. The minimum Gasteiger partial charge on any atom is -0.508 e. The molecule has 0 atom stereocenters. The largest absolute Gasteiger partial charge is 0.508 e. The first kappa shape index (κ1) is 14.3. The summed E-state index contributed by atoms with van der Waals surface area (Å²) in [6.45, 7) is 2.93. The third-order valence-corrected chi connectivity index (χ3v) is 4.88. The highest BCUT2D eigenvalue weighted by molar-refractivity contribution is 7.97. The molecule has 0 spiro atoms. The normalized spacial score (nSPS) is 15.9. The lowest BCUT2D eigenvalue weighted by molar-refractivity contribution is -0.151. The summed E-state index contributed by atoms with van der Waals surface area (Å²) >= 11 is 0. The Morgan fingerprint density at radius 3 is 2.55 bits per heavy atom. The fraction of sp³-hybridized carbons (Fsp3) is 0.231. The van der Waals surface area contributed by atoms with Gasteiger partial charge in [0, 0.05) is 0 Å². The molecule has 1 N–H and O–H groups in total. The number of allylic oxidation sites excluding steroid dienone is 1. The average molecular weight is 296 g/mol. The highest BCUT2D eigenvalue weighted by Crippen LogP contribution is 2.40. The Hall–Kier alpha value is -2.15. The van der Waals surface area contributed by atoms with Crippen LogP contribution in [0.25, 0.3) is 5.57 Å². The van der Waals surface area contributed by atoms with Gasteiger partial charge in [-0.15, -0.1) is 0 Å². The molecule has 0 amide bonds. The summed E-state index contributed by atoms with van der Waals surface area (Å²) in [5.41, 5.74) is 0.480. The number of hydrogen-bond donors (Lipinski definition) is 1. The van der Waals surface area contributed by atoms with E-state index in [0.29, 0.717) is 5.56 Å². The van der Waals surface area contributed by atoms with Gasteiger partial charge >= 0.3 is 5.97 Å². The number of benzene rings is 1. The van der Waals surface area contributed by atoms with Crippen LogP contribution in [0.2, 0.25) is 0 Å². The number of hydrogen-bond acceptors (Lipinski definition) is 6. The Balaban J connectivity index is 2.60. The van der Waals surface area contributed by atoms with Crippen molar-refractivity contribution in [3.8, 4) is 5.75 Å². The molecule has 0 saturated heterocycles. The fourth-order valence-corrected chi connectivity index (χ4v) is 3.91. The molecule has 1 aromatic rings. The summed E-state index contributed by atoms with van der Waals surface area (Å²) in [6, 6.07) is 3.76. The van der Waals surface area contributed by atoms with Gasteiger partial charge in [-0.3, -0.25) is 4.79 Å². The number of phenolic OH excluding ortho intramolecular Hbond substituents is 1. The van der Waals surface area contributed by atoms with Crippen molar-refractivity contribution in [1.29, 1.82) is 0 Å². The lowest BCUT2D eigenvalue weighted by Crippen LogP contribution is -2.23. The topological polar surface area (TPSA) is 97.7 Å². The average Bonchev–Trinajstić information content (AvgIpc) is 2.56. The van der Waals surface area contributed by atoms with Crippen molar-refractivity contribution in [3.05, 3.63) is 28.7 Å².